The van der Waals surface area contributed by atoms with Gasteiger partial charge >= 0.3 is 11.9 Å². The molecule has 464 valence electrons. The lowest BCUT2D eigenvalue weighted by molar-refractivity contribution is -0.162. The summed E-state index contributed by atoms with van der Waals surface area (Å²) in [5, 5.41) is 0. The van der Waals surface area contributed by atoms with E-state index in [9.17, 15) is 19.2 Å². The molecule has 0 saturated heterocycles. The van der Waals surface area contributed by atoms with Crippen molar-refractivity contribution in [3.8, 4) is 46.0 Å². The Morgan fingerprint density at radius 3 is 1.00 bits per heavy atom. The maximum absolute atomic E-state index is 14.8. The van der Waals surface area contributed by atoms with Gasteiger partial charge in [-0.1, -0.05) is 60.7 Å². The number of hydrogen-bond acceptors (Lipinski definition) is 16. The van der Waals surface area contributed by atoms with Crippen LogP contribution in [-0.4, -0.2) is 152 Å². The third-order valence-corrected chi connectivity index (χ3v) is 17.6. The zero-order chi connectivity index (χ0) is 61.8. The van der Waals surface area contributed by atoms with Gasteiger partial charge in [-0.25, -0.2) is 9.59 Å². The van der Waals surface area contributed by atoms with Gasteiger partial charge in [-0.15, -0.1) is 0 Å². The molecule has 0 radical (unpaired) electrons. The third-order valence-electron chi connectivity index (χ3n) is 17.6. The van der Waals surface area contributed by atoms with Crippen molar-refractivity contribution in [2.75, 3.05) is 96.1 Å². The molecule has 0 N–H and O–H groups in total. The molecule has 88 heavy (non-hydrogen) atoms. The molecule has 2 aliphatic heterocycles. The van der Waals surface area contributed by atoms with Gasteiger partial charge in [0.25, 0.3) is 0 Å². The molecule has 0 fully saturated rings. The fourth-order valence-corrected chi connectivity index (χ4v) is 12.7. The molecule has 0 aromatic heterocycles. The van der Waals surface area contributed by atoms with Gasteiger partial charge in [-0.05, 0) is 143 Å². The summed E-state index contributed by atoms with van der Waals surface area (Å²) in [7, 11) is 12.9. The van der Waals surface area contributed by atoms with Gasteiger partial charge in [-0.2, -0.15) is 0 Å². The van der Waals surface area contributed by atoms with Gasteiger partial charge in [-0.3, -0.25) is 19.4 Å². The van der Waals surface area contributed by atoms with Crippen LogP contribution in [0, 0.1) is 0 Å². The standard InChI is InChI=1S/C70H80N4O14/c1-79-57-31-47-21-25-71(26-22-48(47)32-58(57)80-2)65(75)39-67(73(41-45-15-11-9-12-16-45)43-53-29-51-35-61(83-5)63(85-7)37-55(51)53)87-69(77)19-20-70(78)88-68(40-66(76)72-27-23-49-33-59(81-3)60(82-4)34-50(49)24-28-72)74(42-46-17-13-10-14-18-46)44-54-30-52-36-62(84-6)64(86-8)38-56(52)54/h9-20,31-38,53-54,67-68H,21-30,39-44H2,1-8H3/b20-19+/t53-,54-,67?,68?/m1/s1. The number of carbonyl (C=O) groups is 4. The Bertz CT molecular complexity index is 3190. The van der Waals surface area contributed by atoms with Crippen LogP contribution < -0.4 is 37.9 Å². The van der Waals surface area contributed by atoms with Gasteiger partial charge in [0.05, 0.1) is 69.7 Å². The number of methoxy groups -OCH3 is 8. The molecule has 2 heterocycles. The van der Waals surface area contributed by atoms with Gasteiger partial charge in [0.1, 0.15) is 0 Å². The molecule has 2 amide bonds. The van der Waals surface area contributed by atoms with Crippen molar-refractivity contribution in [2.45, 2.75) is 88.7 Å². The number of rotatable bonds is 26. The molecule has 2 unspecified atom stereocenters. The van der Waals surface area contributed by atoms with E-state index in [0.717, 1.165) is 80.6 Å². The molecule has 18 heteroatoms. The molecule has 0 spiro atoms. The minimum Gasteiger partial charge on any atom is -0.493 e. The van der Waals surface area contributed by atoms with Crippen LogP contribution in [0.5, 0.6) is 46.0 Å². The first kappa shape index (κ1) is 62.3. The Morgan fingerprint density at radius 1 is 0.420 bits per heavy atom. The summed E-state index contributed by atoms with van der Waals surface area (Å²) in [5.41, 5.74) is 10.5. The fourth-order valence-electron chi connectivity index (χ4n) is 12.7. The molecule has 18 nitrogen and oxygen atoms in total. The van der Waals surface area contributed by atoms with Crippen LogP contribution in [0.3, 0.4) is 0 Å². The Labute approximate surface area is 515 Å². The first-order chi connectivity index (χ1) is 42.8. The van der Waals surface area contributed by atoms with Gasteiger partial charge in [0.2, 0.25) is 11.8 Å². The predicted octanol–water partition coefficient (Wildman–Crippen LogP) is 9.07. The van der Waals surface area contributed by atoms with Crippen molar-refractivity contribution in [2.24, 2.45) is 0 Å². The molecule has 0 saturated carbocycles. The van der Waals surface area contributed by atoms with Crippen LogP contribution in [0.1, 0.15) is 80.3 Å². The topological polar surface area (TPSA) is 174 Å². The van der Waals surface area contributed by atoms with Crippen LogP contribution in [0.4, 0.5) is 0 Å². The highest BCUT2D eigenvalue weighted by molar-refractivity contribution is 5.92. The van der Waals surface area contributed by atoms with E-state index < -0.39 is 24.4 Å². The average Bonchev–Trinajstić information content (AvgIpc) is 1.44. The number of benzene rings is 6. The molecule has 6 aromatic rings. The van der Waals surface area contributed by atoms with Crippen molar-refractivity contribution in [1.29, 1.82) is 0 Å². The Hall–Kier alpha value is -8.74. The van der Waals surface area contributed by atoms with Crippen molar-refractivity contribution in [3.05, 3.63) is 177 Å². The predicted molar refractivity (Wildman–Crippen MR) is 331 cm³/mol. The quantitative estimate of drug-likeness (QED) is 0.0286. The number of amides is 2. The van der Waals surface area contributed by atoms with E-state index in [2.05, 4.69) is 0 Å². The van der Waals surface area contributed by atoms with Crippen molar-refractivity contribution in [3.63, 3.8) is 0 Å². The summed E-state index contributed by atoms with van der Waals surface area (Å²) in [6, 6.07) is 35.6. The SMILES string of the molecule is COc1cc2c(cc1OC)CCN(C(=O)CC(OC(=O)/C=C/C(=O)OC(CC(=O)N1CCc3cc(OC)c(OC)cc3CC1)N(Cc1ccccc1)C[C@H]1Cc3cc(OC)c(OC)cc31)N(Cc1ccccc1)C[C@H]1Cc3cc(OC)c(OC)cc31)CC2. The summed E-state index contributed by atoms with van der Waals surface area (Å²) in [4.78, 5) is 66.5. The third kappa shape index (κ3) is 14.5. The molecular formula is C70H80N4O14. The molecule has 4 atom stereocenters. The molecule has 0 bridgehead atoms. The van der Waals surface area contributed by atoms with Crippen LogP contribution >= 0.6 is 0 Å². The highest BCUT2D eigenvalue weighted by Crippen LogP contribution is 2.45. The maximum Gasteiger partial charge on any atom is 0.332 e. The first-order valence-electron chi connectivity index (χ1n) is 30.0. The van der Waals surface area contributed by atoms with Crippen LogP contribution in [0.2, 0.25) is 0 Å². The molecule has 2 aliphatic carbocycles. The van der Waals surface area contributed by atoms with Crippen LogP contribution in [-0.2, 0) is 80.3 Å². The van der Waals surface area contributed by atoms with Crippen molar-refractivity contribution >= 4 is 23.8 Å². The van der Waals surface area contributed by atoms with E-state index in [1.807, 2.05) is 129 Å². The lowest BCUT2D eigenvalue weighted by atomic mass is 9.77. The molecule has 4 aliphatic rings. The zero-order valence-electron chi connectivity index (χ0n) is 51.7. The molecule has 10 rings (SSSR count). The smallest absolute Gasteiger partial charge is 0.332 e. The van der Waals surface area contributed by atoms with E-state index in [1.165, 1.54) is 0 Å². The fraction of sp³-hybridized carbons (Fsp3) is 0.400. The summed E-state index contributed by atoms with van der Waals surface area (Å²) < 4.78 is 58.1. The number of nitrogens with zero attached hydrogens (tertiary/aromatic N) is 4. The van der Waals surface area contributed by atoms with E-state index >= 15 is 0 Å². The van der Waals surface area contributed by atoms with Crippen molar-refractivity contribution < 1.29 is 66.5 Å². The number of carbonyl (C=O) groups excluding carboxylic acids is 4. The lowest BCUT2D eigenvalue weighted by Crippen LogP contribution is -2.46. The average molecular weight is 1200 g/mol. The first-order valence-corrected chi connectivity index (χ1v) is 30.0. The normalized spacial score (nSPS) is 16.4. The Morgan fingerprint density at radius 2 is 0.705 bits per heavy atom. The number of hydrogen-bond donors (Lipinski definition) is 0. The monoisotopic (exact) mass is 1200 g/mol. The molecular weight excluding hydrogens is 1120 g/mol. The summed E-state index contributed by atoms with van der Waals surface area (Å²) in [6.07, 6.45) is 3.38. The van der Waals surface area contributed by atoms with Gasteiger partial charge < -0.3 is 57.2 Å². The van der Waals surface area contributed by atoms with E-state index in [0.29, 0.717) is 124 Å². The lowest BCUT2D eigenvalue weighted by Gasteiger charge is -2.39. The summed E-state index contributed by atoms with van der Waals surface area (Å²) >= 11 is 0. The molecule has 6 aromatic carbocycles. The van der Waals surface area contributed by atoms with E-state index in [-0.39, 0.29) is 36.5 Å². The van der Waals surface area contributed by atoms with E-state index in [4.69, 9.17) is 47.4 Å². The second kappa shape index (κ2) is 28.8. The van der Waals surface area contributed by atoms with E-state index in [1.54, 1.807) is 56.9 Å². The number of esters is 2. The minimum absolute atomic E-state index is 0.00796. The summed E-state index contributed by atoms with van der Waals surface area (Å²) in [6.45, 7) is 3.25. The van der Waals surface area contributed by atoms with Crippen LogP contribution in [0.25, 0.3) is 0 Å². The summed E-state index contributed by atoms with van der Waals surface area (Å²) in [5.74, 6) is 2.86. The second-order valence-electron chi connectivity index (χ2n) is 22.7. The highest BCUT2D eigenvalue weighted by Gasteiger charge is 2.38. The van der Waals surface area contributed by atoms with Gasteiger partial charge in [0, 0.05) is 76.3 Å². The second-order valence-corrected chi connectivity index (χ2v) is 22.7. The van der Waals surface area contributed by atoms with Crippen LogP contribution in [0.15, 0.2) is 121 Å². The largest absolute Gasteiger partial charge is 0.493 e. The van der Waals surface area contributed by atoms with Gasteiger partial charge in [0.15, 0.2) is 58.5 Å². The Balaban J connectivity index is 0.930. The number of ether oxygens (including phenoxy) is 10. The Kier molecular flexibility index (Phi) is 20.4. The zero-order valence-corrected chi connectivity index (χ0v) is 51.7. The highest BCUT2D eigenvalue weighted by atomic mass is 16.6. The number of fused-ring (bicyclic) bond motifs is 4. The maximum atomic E-state index is 14.8. The minimum atomic E-state index is -1.08. The van der Waals surface area contributed by atoms with Crippen molar-refractivity contribution in [1.82, 2.24) is 19.6 Å².